The van der Waals surface area contributed by atoms with E-state index in [1.54, 1.807) is 0 Å². The van der Waals surface area contributed by atoms with E-state index in [9.17, 15) is 14.4 Å². The zero-order valence-corrected chi connectivity index (χ0v) is 54.5. The van der Waals surface area contributed by atoms with Gasteiger partial charge in [0, 0.05) is 19.3 Å². The molecule has 82 heavy (non-hydrogen) atoms. The molecular formula is C76H134O6. The predicted molar refractivity (Wildman–Crippen MR) is 358 cm³/mol. The molecule has 1 unspecified atom stereocenters. The van der Waals surface area contributed by atoms with Crippen LogP contribution in [0.1, 0.15) is 361 Å². The summed E-state index contributed by atoms with van der Waals surface area (Å²) in [6.45, 7) is 6.53. The lowest BCUT2D eigenvalue weighted by Crippen LogP contribution is -2.30. The number of unbranched alkanes of at least 4 members (excludes halogenated alkanes) is 40. The molecule has 0 heterocycles. The van der Waals surface area contributed by atoms with Gasteiger partial charge in [0.25, 0.3) is 0 Å². The monoisotopic (exact) mass is 1140 g/mol. The third kappa shape index (κ3) is 67.4. The van der Waals surface area contributed by atoms with Crippen LogP contribution in [-0.2, 0) is 28.6 Å². The van der Waals surface area contributed by atoms with E-state index in [4.69, 9.17) is 14.2 Å². The van der Waals surface area contributed by atoms with Gasteiger partial charge in [-0.15, -0.1) is 0 Å². The van der Waals surface area contributed by atoms with E-state index in [0.29, 0.717) is 12.8 Å². The van der Waals surface area contributed by atoms with Crippen LogP contribution >= 0.6 is 0 Å². The topological polar surface area (TPSA) is 78.9 Å². The first-order valence-corrected chi connectivity index (χ1v) is 35.6. The summed E-state index contributed by atoms with van der Waals surface area (Å²) in [5.41, 5.74) is 0. The van der Waals surface area contributed by atoms with Gasteiger partial charge in [0.05, 0.1) is 0 Å². The maximum atomic E-state index is 12.9. The standard InChI is InChI=1S/C76H134O6/c1-4-7-10-13-16-19-22-25-28-31-34-35-36-37-38-39-40-41-43-45-48-51-54-57-60-63-66-69-75(78)81-72-73(71-80-74(77)68-65-62-59-56-53-50-47-44-33-30-27-24-21-18-15-12-9-6-3)82-76(79)70-67-64-61-58-55-52-49-46-42-32-29-26-23-20-17-14-11-8-5-2/h8,11,17,20-21,24,26,29-30,33,42,46,52,55,73H,4-7,9-10,12-16,18-19,22-23,25,27-28,31-32,34-41,43-45,47-51,53-54,56-72H2,1-3H3/b11-8-,20-17-,24-21-,29-26-,33-30-,46-42-,55-52-. The van der Waals surface area contributed by atoms with E-state index in [2.05, 4.69) is 106 Å². The van der Waals surface area contributed by atoms with Crippen molar-refractivity contribution in [2.75, 3.05) is 13.2 Å². The molecule has 0 saturated heterocycles. The Bertz CT molecular complexity index is 1550. The zero-order chi connectivity index (χ0) is 59.2. The van der Waals surface area contributed by atoms with Gasteiger partial charge in [0.1, 0.15) is 13.2 Å². The Morgan fingerprint density at radius 1 is 0.256 bits per heavy atom. The molecule has 0 aromatic carbocycles. The number of carbonyl (C=O) groups is 3. The summed E-state index contributed by atoms with van der Waals surface area (Å²) in [6, 6.07) is 0. The summed E-state index contributed by atoms with van der Waals surface area (Å²) in [6.07, 6.45) is 93.3. The quantitative estimate of drug-likeness (QED) is 0.0261. The molecule has 0 aliphatic rings. The van der Waals surface area contributed by atoms with Gasteiger partial charge < -0.3 is 14.2 Å². The number of hydrogen-bond acceptors (Lipinski definition) is 6. The van der Waals surface area contributed by atoms with E-state index in [-0.39, 0.29) is 37.5 Å². The highest BCUT2D eigenvalue weighted by molar-refractivity contribution is 5.71. The minimum Gasteiger partial charge on any atom is -0.462 e. The van der Waals surface area contributed by atoms with Crippen molar-refractivity contribution in [2.45, 2.75) is 367 Å². The van der Waals surface area contributed by atoms with Crippen molar-refractivity contribution < 1.29 is 28.6 Å². The normalized spacial score (nSPS) is 12.6. The van der Waals surface area contributed by atoms with E-state index >= 15 is 0 Å². The Hall–Kier alpha value is -3.41. The first-order chi connectivity index (χ1) is 40.5. The molecule has 0 aromatic rings. The highest BCUT2D eigenvalue weighted by Gasteiger charge is 2.19. The van der Waals surface area contributed by atoms with Crippen LogP contribution in [0.25, 0.3) is 0 Å². The van der Waals surface area contributed by atoms with Crippen LogP contribution in [0.4, 0.5) is 0 Å². The minimum atomic E-state index is -0.799. The van der Waals surface area contributed by atoms with Gasteiger partial charge in [-0.3, -0.25) is 14.4 Å². The SMILES string of the molecule is CC/C=C\C/C=C\C/C=C\C/C=C\C/C=C\CCCCCC(=O)OC(COC(=O)CCCCCCCCC/C=C\C/C=C\CCCCCC)COC(=O)CCCCCCCCCCCCCCCCCCCCCCCCCCCCC. The van der Waals surface area contributed by atoms with Crippen LogP contribution in [0.3, 0.4) is 0 Å². The number of esters is 3. The second-order valence-corrected chi connectivity index (χ2v) is 23.8. The Balaban J connectivity index is 4.34. The van der Waals surface area contributed by atoms with Crippen molar-refractivity contribution in [1.82, 2.24) is 0 Å². The van der Waals surface area contributed by atoms with Gasteiger partial charge in [-0.05, 0) is 96.3 Å². The molecule has 0 amide bonds. The molecule has 0 radical (unpaired) electrons. The van der Waals surface area contributed by atoms with E-state index in [1.165, 1.54) is 212 Å². The second kappa shape index (κ2) is 70.1. The maximum Gasteiger partial charge on any atom is 0.306 e. The summed E-state index contributed by atoms with van der Waals surface area (Å²) in [5.74, 6) is -0.912. The molecule has 6 heteroatoms. The van der Waals surface area contributed by atoms with Crippen LogP contribution in [0.5, 0.6) is 0 Å². The van der Waals surface area contributed by atoms with Crippen molar-refractivity contribution in [2.24, 2.45) is 0 Å². The average Bonchev–Trinajstić information content (AvgIpc) is 3.47. The number of carbonyl (C=O) groups excluding carboxylic acids is 3. The van der Waals surface area contributed by atoms with Crippen LogP contribution in [0, 0.1) is 0 Å². The Kier molecular flexibility index (Phi) is 67.2. The lowest BCUT2D eigenvalue weighted by atomic mass is 10.0. The van der Waals surface area contributed by atoms with Crippen LogP contribution in [0.15, 0.2) is 85.1 Å². The lowest BCUT2D eigenvalue weighted by molar-refractivity contribution is -0.167. The highest BCUT2D eigenvalue weighted by Crippen LogP contribution is 2.18. The third-order valence-corrected chi connectivity index (χ3v) is 15.6. The third-order valence-electron chi connectivity index (χ3n) is 15.6. The van der Waals surface area contributed by atoms with Crippen molar-refractivity contribution in [1.29, 1.82) is 0 Å². The summed E-state index contributed by atoms with van der Waals surface area (Å²) < 4.78 is 17.0. The number of hydrogen-bond donors (Lipinski definition) is 0. The fraction of sp³-hybridized carbons (Fsp3) is 0.776. The summed E-state index contributed by atoms with van der Waals surface area (Å²) >= 11 is 0. The molecule has 0 fully saturated rings. The van der Waals surface area contributed by atoms with Crippen molar-refractivity contribution in [3.05, 3.63) is 85.1 Å². The first kappa shape index (κ1) is 78.6. The molecule has 1 atom stereocenters. The number of rotatable bonds is 65. The Labute approximate surface area is 509 Å². The zero-order valence-electron chi connectivity index (χ0n) is 54.5. The number of allylic oxidation sites excluding steroid dienone is 14. The van der Waals surface area contributed by atoms with Crippen molar-refractivity contribution in [3.63, 3.8) is 0 Å². The summed E-state index contributed by atoms with van der Waals surface area (Å²) in [5, 5.41) is 0. The van der Waals surface area contributed by atoms with Crippen LogP contribution in [-0.4, -0.2) is 37.2 Å². The van der Waals surface area contributed by atoms with Gasteiger partial charge in [-0.1, -0.05) is 331 Å². The molecule has 0 bridgehead atoms. The van der Waals surface area contributed by atoms with Gasteiger partial charge in [-0.2, -0.15) is 0 Å². The smallest absolute Gasteiger partial charge is 0.306 e. The average molecular weight is 1140 g/mol. The molecule has 0 aliphatic carbocycles. The molecule has 0 spiro atoms. The van der Waals surface area contributed by atoms with E-state index < -0.39 is 6.10 Å². The van der Waals surface area contributed by atoms with E-state index in [0.717, 1.165) is 109 Å². The van der Waals surface area contributed by atoms with Gasteiger partial charge in [-0.25, -0.2) is 0 Å². The highest BCUT2D eigenvalue weighted by atomic mass is 16.6. The molecule has 0 aromatic heterocycles. The lowest BCUT2D eigenvalue weighted by Gasteiger charge is -2.18. The largest absolute Gasteiger partial charge is 0.462 e. The maximum absolute atomic E-state index is 12.9. The fourth-order valence-electron chi connectivity index (χ4n) is 10.3. The van der Waals surface area contributed by atoms with Gasteiger partial charge >= 0.3 is 17.9 Å². The van der Waals surface area contributed by atoms with Crippen LogP contribution in [0.2, 0.25) is 0 Å². The molecule has 0 saturated carbocycles. The Morgan fingerprint density at radius 2 is 0.476 bits per heavy atom. The number of ether oxygens (including phenoxy) is 3. The molecule has 0 N–H and O–H groups in total. The van der Waals surface area contributed by atoms with Crippen molar-refractivity contribution in [3.8, 4) is 0 Å². The molecule has 0 aliphatic heterocycles. The first-order valence-electron chi connectivity index (χ1n) is 35.6. The minimum absolute atomic E-state index is 0.0898. The van der Waals surface area contributed by atoms with Gasteiger partial charge in [0.15, 0.2) is 6.10 Å². The Morgan fingerprint density at radius 3 is 0.768 bits per heavy atom. The molecule has 6 nitrogen and oxygen atoms in total. The van der Waals surface area contributed by atoms with Crippen LogP contribution < -0.4 is 0 Å². The van der Waals surface area contributed by atoms with Gasteiger partial charge in [0.2, 0.25) is 0 Å². The van der Waals surface area contributed by atoms with E-state index in [1.807, 2.05) is 0 Å². The fourth-order valence-corrected chi connectivity index (χ4v) is 10.3. The second-order valence-electron chi connectivity index (χ2n) is 23.8. The molecule has 0 rings (SSSR count). The molecule has 474 valence electrons. The summed E-state index contributed by atoms with van der Waals surface area (Å²) in [7, 11) is 0. The molecular weight excluding hydrogens is 1010 g/mol. The summed E-state index contributed by atoms with van der Waals surface area (Å²) in [4.78, 5) is 38.5. The predicted octanol–water partition coefficient (Wildman–Crippen LogP) is 24.6. The van der Waals surface area contributed by atoms with Crippen molar-refractivity contribution >= 4 is 17.9 Å².